The minimum absolute atomic E-state index is 0.102. The van der Waals surface area contributed by atoms with Crippen molar-refractivity contribution in [3.8, 4) is 11.4 Å². The Morgan fingerprint density at radius 1 is 1.12 bits per heavy atom. The lowest BCUT2D eigenvalue weighted by Gasteiger charge is -2.20. The van der Waals surface area contributed by atoms with Crippen LogP contribution in [0.5, 0.6) is 5.75 Å². The molecule has 0 radical (unpaired) electrons. The molecule has 0 aliphatic rings. The number of aromatic nitrogens is 2. The van der Waals surface area contributed by atoms with Crippen molar-refractivity contribution >= 4 is 21.6 Å². The number of para-hydroxylation sites is 1. The number of nitrogens with one attached hydrogen (secondary N) is 1. The second-order valence-corrected chi connectivity index (χ2v) is 9.22. The summed E-state index contributed by atoms with van der Waals surface area (Å²) in [6.07, 6.45) is 1.63. The summed E-state index contributed by atoms with van der Waals surface area (Å²) in [5.41, 5.74) is 2.83. The maximum Gasteiger partial charge on any atom is 0.280 e. The molecule has 0 bridgehead atoms. The summed E-state index contributed by atoms with van der Waals surface area (Å²) in [5.74, 6) is -0.177. The van der Waals surface area contributed by atoms with Crippen molar-refractivity contribution in [1.29, 1.82) is 0 Å². The molecule has 0 fully saturated rings. The van der Waals surface area contributed by atoms with Crippen LogP contribution in [-0.4, -0.2) is 48.6 Å². The molecule has 3 rings (SSSR count). The molecule has 9 heteroatoms. The molecule has 8 nitrogen and oxygen atoms in total. The summed E-state index contributed by atoms with van der Waals surface area (Å²) in [4.78, 5) is 13.2. The van der Waals surface area contributed by atoms with Gasteiger partial charge in [0.2, 0.25) is 10.0 Å². The largest absolute Gasteiger partial charge is 0.493 e. The van der Waals surface area contributed by atoms with Crippen LogP contribution in [0.3, 0.4) is 0 Å². The average molecular weight is 457 g/mol. The lowest BCUT2D eigenvalue weighted by molar-refractivity contribution is 0.101. The van der Waals surface area contributed by atoms with Gasteiger partial charge in [-0.05, 0) is 49.2 Å². The maximum atomic E-state index is 13.1. The third-order valence-electron chi connectivity index (χ3n) is 5.37. The summed E-state index contributed by atoms with van der Waals surface area (Å²) in [6, 6.07) is 12.5. The van der Waals surface area contributed by atoms with E-state index in [9.17, 15) is 13.2 Å². The Kier molecular flexibility index (Phi) is 7.00. The van der Waals surface area contributed by atoms with Gasteiger partial charge in [0.05, 0.1) is 23.9 Å². The van der Waals surface area contributed by atoms with Crippen LogP contribution in [0.15, 0.2) is 53.6 Å². The summed E-state index contributed by atoms with van der Waals surface area (Å²) in [5, 5.41) is 7.20. The van der Waals surface area contributed by atoms with E-state index in [0.717, 1.165) is 16.8 Å². The number of hydrogen-bond donors (Lipinski definition) is 1. The zero-order valence-corrected chi connectivity index (χ0v) is 19.7. The molecule has 0 saturated heterocycles. The number of ether oxygens (including phenoxy) is 1. The zero-order chi connectivity index (χ0) is 23.5. The van der Waals surface area contributed by atoms with Gasteiger partial charge in [0.25, 0.3) is 5.91 Å². The van der Waals surface area contributed by atoms with Crippen molar-refractivity contribution in [2.24, 2.45) is 0 Å². The Bertz CT molecular complexity index is 1220. The molecule has 0 saturated carbocycles. The highest BCUT2D eigenvalue weighted by atomic mass is 32.2. The molecule has 0 unspecified atom stereocenters. The Morgan fingerprint density at radius 2 is 1.78 bits per heavy atom. The maximum absolute atomic E-state index is 13.1. The zero-order valence-electron chi connectivity index (χ0n) is 18.9. The molecule has 1 amide bonds. The third-order valence-corrected chi connectivity index (χ3v) is 7.40. The van der Waals surface area contributed by atoms with Crippen molar-refractivity contribution in [1.82, 2.24) is 14.1 Å². The van der Waals surface area contributed by atoms with E-state index in [2.05, 4.69) is 10.4 Å². The first-order valence-corrected chi connectivity index (χ1v) is 11.8. The monoisotopic (exact) mass is 456 g/mol. The van der Waals surface area contributed by atoms with E-state index < -0.39 is 15.9 Å². The second-order valence-electron chi connectivity index (χ2n) is 7.28. The second kappa shape index (κ2) is 9.54. The van der Waals surface area contributed by atoms with E-state index in [1.807, 2.05) is 44.2 Å². The molecule has 1 heterocycles. The van der Waals surface area contributed by atoms with E-state index in [-0.39, 0.29) is 10.6 Å². The predicted octanol–water partition coefficient (Wildman–Crippen LogP) is 3.78. The van der Waals surface area contributed by atoms with Crippen molar-refractivity contribution in [2.45, 2.75) is 32.6 Å². The van der Waals surface area contributed by atoms with Gasteiger partial charge in [-0.25, -0.2) is 13.1 Å². The number of sulfonamides is 1. The van der Waals surface area contributed by atoms with Crippen molar-refractivity contribution < 1.29 is 17.9 Å². The lowest BCUT2D eigenvalue weighted by atomic mass is 10.1. The summed E-state index contributed by atoms with van der Waals surface area (Å²) in [6.45, 7) is 7.96. The molecule has 0 aliphatic carbocycles. The van der Waals surface area contributed by atoms with Crippen LogP contribution >= 0.6 is 0 Å². The normalized spacial score (nSPS) is 11.6. The van der Waals surface area contributed by atoms with Gasteiger partial charge in [0.15, 0.2) is 11.4 Å². The van der Waals surface area contributed by atoms with Crippen LogP contribution in [0, 0.1) is 13.8 Å². The number of nitrogens with zero attached hydrogens (tertiary/aromatic N) is 3. The van der Waals surface area contributed by atoms with Crippen molar-refractivity contribution in [3.05, 3.63) is 65.5 Å². The van der Waals surface area contributed by atoms with Gasteiger partial charge >= 0.3 is 0 Å². The topological polar surface area (TPSA) is 93.5 Å². The van der Waals surface area contributed by atoms with E-state index in [1.54, 1.807) is 30.8 Å². The molecule has 2 aromatic carbocycles. The van der Waals surface area contributed by atoms with Crippen LogP contribution in [0.25, 0.3) is 5.69 Å². The molecule has 32 heavy (non-hydrogen) atoms. The lowest BCUT2D eigenvalue weighted by Crippen LogP contribution is -2.30. The predicted molar refractivity (Wildman–Crippen MR) is 124 cm³/mol. The number of methoxy groups -OCH3 is 1. The third kappa shape index (κ3) is 4.53. The molecule has 0 spiro atoms. The molecule has 1 aromatic heterocycles. The van der Waals surface area contributed by atoms with Gasteiger partial charge in [0.1, 0.15) is 0 Å². The van der Waals surface area contributed by atoms with E-state index in [1.165, 1.54) is 17.5 Å². The number of carbonyl (C=O) groups is 1. The molecule has 1 N–H and O–H groups in total. The Labute approximate surface area is 188 Å². The van der Waals surface area contributed by atoms with Crippen LogP contribution in [0.4, 0.5) is 5.69 Å². The minimum atomic E-state index is -3.67. The number of amides is 1. The van der Waals surface area contributed by atoms with Gasteiger partial charge in [0, 0.05) is 18.8 Å². The molecule has 0 atom stereocenters. The number of hydrogen-bond acceptors (Lipinski definition) is 5. The number of carbonyl (C=O) groups excluding carboxylic acids is 1. The smallest absolute Gasteiger partial charge is 0.280 e. The molecular weight excluding hydrogens is 428 g/mol. The number of rotatable bonds is 8. The standard InChI is InChI=1S/C23H28N4O4S/c1-6-26(7-2)32(29,30)19-13-16(3)17(4)20(14-19)24-23(28)22-21(31-5)15-27(25-22)18-11-9-8-10-12-18/h8-15H,6-7H2,1-5H3,(H,24,28). The van der Waals surface area contributed by atoms with Gasteiger partial charge in [-0.3, -0.25) is 4.79 Å². The first-order valence-electron chi connectivity index (χ1n) is 10.3. The van der Waals surface area contributed by atoms with E-state index >= 15 is 0 Å². The Hall–Kier alpha value is -3.17. The van der Waals surface area contributed by atoms with Crippen molar-refractivity contribution in [3.63, 3.8) is 0 Å². The van der Waals surface area contributed by atoms with Crippen LogP contribution in [0.1, 0.15) is 35.5 Å². The summed E-state index contributed by atoms with van der Waals surface area (Å²) < 4.78 is 34.3. The fraction of sp³-hybridized carbons (Fsp3) is 0.304. The summed E-state index contributed by atoms with van der Waals surface area (Å²) >= 11 is 0. The minimum Gasteiger partial charge on any atom is -0.493 e. The molecule has 0 aliphatic heterocycles. The van der Waals surface area contributed by atoms with Crippen LogP contribution < -0.4 is 10.1 Å². The van der Waals surface area contributed by atoms with Gasteiger partial charge in [-0.2, -0.15) is 9.40 Å². The highest BCUT2D eigenvalue weighted by Crippen LogP contribution is 2.28. The van der Waals surface area contributed by atoms with Crippen molar-refractivity contribution in [2.75, 3.05) is 25.5 Å². The van der Waals surface area contributed by atoms with Crippen LogP contribution in [-0.2, 0) is 10.0 Å². The Balaban J connectivity index is 1.98. The first-order chi connectivity index (χ1) is 15.2. The van der Waals surface area contributed by atoms with Crippen LogP contribution in [0.2, 0.25) is 0 Å². The van der Waals surface area contributed by atoms with Gasteiger partial charge < -0.3 is 10.1 Å². The first kappa shape index (κ1) is 23.5. The molecular formula is C23H28N4O4S. The highest BCUT2D eigenvalue weighted by molar-refractivity contribution is 7.89. The summed E-state index contributed by atoms with van der Waals surface area (Å²) in [7, 11) is -2.20. The number of anilines is 1. The molecule has 170 valence electrons. The average Bonchev–Trinajstić information content (AvgIpc) is 3.22. The van der Waals surface area contributed by atoms with E-state index in [4.69, 9.17) is 4.74 Å². The van der Waals surface area contributed by atoms with Gasteiger partial charge in [-0.15, -0.1) is 0 Å². The molecule has 3 aromatic rings. The number of benzene rings is 2. The van der Waals surface area contributed by atoms with E-state index in [0.29, 0.717) is 24.5 Å². The number of aryl methyl sites for hydroxylation is 1. The highest BCUT2D eigenvalue weighted by Gasteiger charge is 2.25. The Morgan fingerprint density at radius 3 is 2.38 bits per heavy atom. The SMILES string of the molecule is CCN(CC)S(=O)(=O)c1cc(C)c(C)c(NC(=O)c2nn(-c3ccccc3)cc2OC)c1. The van der Waals surface area contributed by atoms with Gasteiger partial charge in [-0.1, -0.05) is 32.0 Å². The quantitative estimate of drug-likeness (QED) is 0.557. The fourth-order valence-electron chi connectivity index (χ4n) is 3.38. The fourth-order valence-corrected chi connectivity index (χ4v) is 4.95.